The van der Waals surface area contributed by atoms with Crippen LogP contribution in [0.15, 0.2) is 176 Å². The average Bonchev–Trinajstić information content (AvgIpc) is 3.52. The van der Waals surface area contributed by atoms with Gasteiger partial charge in [-0.15, -0.1) is 11.3 Å². The molecule has 0 N–H and O–H groups in total. The number of hydrogen-bond donors (Lipinski definition) is 0. The summed E-state index contributed by atoms with van der Waals surface area (Å²) in [6.45, 7) is 0. The summed E-state index contributed by atoms with van der Waals surface area (Å²) < 4.78 is 2.63. The summed E-state index contributed by atoms with van der Waals surface area (Å²) >= 11 is 1.90. The molecule has 9 aromatic rings. The molecule has 0 aliphatic heterocycles. The number of hydrogen-bond acceptors (Lipinski definition) is 2. The third-order valence-electron chi connectivity index (χ3n) is 9.05. The zero-order chi connectivity index (χ0) is 30.5. The van der Waals surface area contributed by atoms with E-state index in [9.17, 15) is 0 Å². The highest BCUT2D eigenvalue weighted by Gasteiger charge is 2.21. The summed E-state index contributed by atoms with van der Waals surface area (Å²) in [5.74, 6) is 0. The van der Waals surface area contributed by atoms with Gasteiger partial charge in [-0.1, -0.05) is 140 Å². The molecule has 0 fully saturated rings. The van der Waals surface area contributed by atoms with Crippen molar-refractivity contribution in [2.75, 3.05) is 4.90 Å². The SMILES string of the molecule is c1ccc(-c2ccc(N(c3ccccc3)c3cc4c(sc5cccc(-c6cccc7ccccc67)c54)c4ccccc34)cc2)cc1. The van der Waals surface area contributed by atoms with Crippen LogP contribution in [-0.4, -0.2) is 0 Å². The van der Waals surface area contributed by atoms with Crippen molar-refractivity contribution in [1.29, 1.82) is 0 Å². The van der Waals surface area contributed by atoms with E-state index in [1.807, 2.05) is 11.3 Å². The topological polar surface area (TPSA) is 3.24 Å². The van der Waals surface area contributed by atoms with Gasteiger partial charge in [0.15, 0.2) is 0 Å². The van der Waals surface area contributed by atoms with E-state index in [2.05, 4.69) is 181 Å². The van der Waals surface area contributed by atoms with Crippen LogP contribution in [0.2, 0.25) is 0 Å². The Morgan fingerprint density at radius 2 is 0.978 bits per heavy atom. The van der Waals surface area contributed by atoms with Gasteiger partial charge in [0.2, 0.25) is 0 Å². The molecule has 0 aliphatic rings. The molecule has 0 spiro atoms. The predicted octanol–water partition coefficient (Wildman–Crippen LogP) is 13.2. The Balaban J connectivity index is 1.33. The van der Waals surface area contributed by atoms with Gasteiger partial charge in [0, 0.05) is 42.3 Å². The molecule has 0 saturated heterocycles. The second-order valence-corrected chi connectivity index (χ2v) is 12.8. The van der Waals surface area contributed by atoms with Gasteiger partial charge in [0.1, 0.15) is 0 Å². The number of anilines is 3. The van der Waals surface area contributed by atoms with Crippen molar-refractivity contribution in [3.05, 3.63) is 176 Å². The van der Waals surface area contributed by atoms with E-state index in [0.29, 0.717) is 0 Å². The maximum atomic E-state index is 2.43. The number of rotatable bonds is 5. The van der Waals surface area contributed by atoms with Crippen molar-refractivity contribution >= 4 is 70.1 Å². The van der Waals surface area contributed by atoms with Gasteiger partial charge in [0.25, 0.3) is 0 Å². The van der Waals surface area contributed by atoms with Crippen LogP contribution in [-0.2, 0) is 0 Å². The van der Waals surface area contributed by atoms with Crippen LogP contribution < -0.4 is 4.90 Å². The third-order valence-corrected chi connectivity index (χ3v) is 10.3. The van der Waals surface area contributed by atoms with E-state index >= 15 is 0 Å². The zero-order valence-electron chi connectivity index (χ0n) is 25.1. The molecule has 0 unspecified atom stereocenters. The number of para-hydroxylation sites is 1. The Kier molecular flexibility index (Phi) is 6.40. The Bertz CT molecular complexity index is 2510. The van der Waals surface area contributed by atoms with E-state index in [-0.39, 0.29) is 0 Å². The molecule has 0 aliphatic carbocycles. The van der Waals surface area contributed by atoms with E-state index in [1.54, 1.807) is 0 Å². The Hall–Kier alpha value is -5.70. The summed E-state index contributed by atoms with van der Waals surface area (Å²) in [5, 5.41) is 7.67. The maximum absolute atomic E-state index is 2.43. The van der Waals surface area contributed by atoms with Crippen molar-refractivity contribution in [2.45, 2.75) is 0 Å². The predicted molar refractivity (Wildman–Crippen MR) is 200 cm³/mol. The number of nitrogens with zero attached hydrogens (tertiary/aromatic N) is 1. The molecule has 1 aromatic heterocycles. The van der Waals surface area contributed by atoms with Gasteiger partial charge in [-0.2, -0.15) is 0 Å². The molecule has 216 valence electrons. The standard InChI is InChI=1S/C44H29NS/c1-3-13-30(14-4-1)31-25-27-34(28-26-31)45(33-17-5-2-6-18-33)41-29-40-43-38(36-22-11-16-32-15-7-8-19-35(32)36)23-12-24-42(43)46-44(40)39-21-10-9-20-37(39)41/h1-29H. The van der Waals surface area contributed by atoms with E-state index in [0.717, 1.165) is 11.4 Å². The quantitative estimate of drug-likeness (QED) is 0.189. The normalized spacial score (nSPS) is 11.5. The minimum Gasteiger partial charge on any atom is -0.310 e. The van der Waals surface area contributed by atoms with Gasteiger partial charge in [-0.05, 0) is 69.4 Å². The molecule has 1 heterocycles. The number of fused-ring (bicyclic) bond motifs is 6. The van der Waals surface area contributed by atoms with Crippen molar-refractivity contribution in [1.82, 2.24) is 0 Å². The first-order chi connectivity index (χ1) is 22.8. The van der Waals surface area contributed by atoms with Gasteiger partial charge in [-0.25, -0.2) is 0 Å². The first-order valence-corrected chi connectivity index (χ1v) is 16.5. The fourth-order valence-electron chi connectivity index (χ4n) is 6.94. The third kappa shape index (κ3) is 4.38. The molecule has 8 aromatic carbocycles. The molecule has 1 nitrogen and oxygen atoms in total. The average molecular weight is 604 g/mol. The molecule has 0 amide bonds. The van der Waals surface area contributed by atoms with Crippen LogP contribution in [0, 0.1) is 0 Å². The van der Waals surface area contributed by atoms with Crippen LogP contribution in [0.3, 0.4) is 0 Å². The fraction of sp³-hybridized carbons (Fsp3) is 0. The highest BCUT2D eigenvalue weighted by atomic mass is 32.1. The summed E-state index contributed by atoms with van der Waals surface area (Å²) in [5.41, 5.74) is 8.42. The van der Waals surface area contributed by atoms with Crippen molar-refractivity contribution in [3.63, 3.8) is 0 Å². The molecule has 0 radical (unpaired) electrons. The minimum atomic E-state index is 1.13. The fourth-order valence-corrected chi connectivity index (χ4v) is 8.18. The van der Waals surface area contributed by atoms with Crippen LogP contribution in [0.5, 0.6) is 0 Å². The Morgan fingerprint density at radius 1 is 0.391 bits per heavy atom. The van der Waals surface area contributed by atoms with Crippen LogP contribution in [0.1, 0.15) is 0 Å². The number of benzene rings is 8. The lowest BCUT2D eigenvalue weighted by atomic mass is 9.94. The number of thiophene rings is 1. The Labute approximate surface area is 272 Å². The molecule has 2 heteroatoms. The Morgan fingerprint density at radius 3 is 1.78 bits per heavy atom. The molecule has 46 heavy (non-hydrogen) atoms. The first-order valence-electron chi connectivity index (χ1n) is 15.7. The highest BCUT2D eigenvalue weighted by molar-refractivity contribution is 7.26. The summed E-state index contributed by atoms with van der Waals surface area (Å²) in [6.07, 6.45) is 0. The lowest BCUT2D eigenvalue weighted by Gasteiger charge is -2.27. The van der Waals surface area contributed by atoms with E-state index in [4.69, 9.17) is 0 Å². The van der Waals surface area contributed by atoms with Gasteiger partial charge >= 0.3 is 0 Å². The van der Waals surface area contributed by atoms with E-state index in [1.165, 1.54) is 69.7 Å². The lowest BCUT2D eigenvalue weighted by Crippen LogP contribution is -2.10. The van der Waals surface area contributed by atoms with Gasteiger partial charge in [-0.3, -0.25) is 0 Å². The molecule has 9 rings (SSSR count). The van der Waals surface area contributed by atoms with Crippen molar-refractivity contribution in [3.8, 4) is 22.3 Å². The molecular weight excluding hydrogens is 575 g/mol. The smallest absolute Gasteiger partial charge is 0.0547 e. The summed E-state index contributed by atoms with van der Waals surface area (Å²) in [6, 6.07) is 63.8. The zero-order valence-corrected chi connectivity index (χ0v) is 25.9. The summed E-state index contributed by atoms with van der Waals surface area (Å²) in [4.78, 5) is 2.42. The van der Waals surface area contributed by atoms with Crippen LogP contribution in [0.25, 0.3) is 64.0 Å². The van der Waals surface area contributed by atoms with E-state index < -0.39 is 0 Å². The first kappa shape index (κ1) is 26.7. The summed E-state index contributed by atoms with van der Waals surface area (Å²) in [7, 11) is 0. The molecule has 0 atom stereocenters. The minimum absolute atomic E-state index is 1.13. The second-order valence-electron chi connectivity index (χ2n) is 11.7. The highest BCUT2D eigenvalue weighted by Crippen LogP contribution is 2.48. The van der Waals surface area contributed by atoms with Crippen LogP contribution in [0.4, 0.5) is 17.1 Å². The van der Waals surface area contributed by atoms with Crippen molar-refractivity contribution in [2.24, 2.45) is 0 Å². The van der Waals surface area contributed by atoms with Gasteiger partial charge in [0.05, 0.1) is 5.69 Å². The lowest BCUT2D eigenvalue weighted by molar-refractivity contribution is 1.30. The largest absolute Gasteiger partial charge is 0.310 e. The molecule has 0 saturated carbocycles. The van der Waals surface area contributed by atoms with Crippen LogP contribution >= 0.6 is 11.3 Å². The second kappa shape index (κ2) is 11.0. The maximum Gasteiger partial charge on any atom is 0.0547 e. The van der Waals surface area contributed by atoms with Crippen molar-refractivity contribution < 1.29 is 0 Å². The molecule has 0 bridgehead atoms. The monoisotopic (exact) mass is 603 g/mol. The molecular formula is C44H29NS. The van der Waals surface area contributed by atoms with Gasteiger partial charge < -0.3 is 4.90 Å².